The summed E-state index contributed by atoms with van der Waals surface area (Å²) in [7, 11) is 0. The number of aryl methyl sites for hydroxylation is 1. The number of pyridine rings is 1. The fourth-order valence-corrected chi connectivity index (χ4v) is 1.69. The predicted octanol–water partition coefficient (Wildman–Crippen LogP) is 5.03. The van der Waals surface area contributed by atoms with Gasteiger partial charge in [0, 0.05) is 11.3 Å². The number of carbonyl (C=O) groups is 1. The Morgan fingerprint density at radius 3 is 2.10 bits per heavy atom. The molecular weight excluding hydrogens is 276 g/mol. The van der Waals surface area contributed by atoms with E-state index in [4.69, 9.17) is 16.3 Å². The molecule has 0 saturated carbocycles. The van der Waals surface area contributed by atoms with E-state index >= 15 is 0 Å². The van der Waals surface area contributed by atoms with Crippen molar-refractivity contribution in [2.45, 2.75) is 61.0 Å². The second-order valence-corrected chi connectivity index (χ2v) is 5.60. The molecule has 1 heterocycles. The number of hydrogen-bond acceptors (Lipinski definition) is 3. The summed E-state index contributed by atoms with van der Waals surface area (Å²) in [5.41, 5.74) is 2.56. The lowest BCUT2D eigenvalue weighted by Crippen LogP contribution is -2.27. The molecule has 1 N–H and O–H groups in total. The van der Waals surface area contributed by atoms with Crippen LogP contribution in [0.5, 0.6) is 0 Å². The molecule has 1 amide bonds. The third-order valence-electron chi connectivity index (χ3n) is 2.49. The third-order valence-corrected chi connectivity index (χ3v) is 2.86. The Bertz CT molecular complexity index is 453. The lowest BCUT2D eigenvalue weighted by molar-refractivity contribution is 0.0635. The fourth-order valence-electron chi connectivity index (χ4n) is 1.47. The Hall–Kier alpha value is -1.29. The highest BCUT2D eigenvalue weighted by molar-refractivity contribution is 6.30. The Balaban J connectivity index is 0.00000172. The van der Waals surface area contributed by atoms with Crippen LogP contribution in [0.25, 0.3) is 0 Å². The van der Waals surface area contributed by atoms with Crippen molar-refractivity contribution < 1.29 is 9.53 Å². The number of rotatable bonds is 1. The van der Waals surface area contributed by atoms with Crippen LogP contribution in [0.3, 0.4) is 0 Å². The highest BCUT2D eigenvalue weighted by Crippen LogP contribution is 2.27. The molecule has 1 rings (SSSR count). The van der Waals surface area contributed by atoms with Gasteiger partial charge in [0.25, 0.3) is 0 Å². The number of halogens is 1. The van der Waals surface area contributed by atoms with E-state index in [2.05, 4.69) is 10.3 Å². The number of ether oxygens (including phenoxy) is 1. The first kappa shape index (κ1) is 18.7. The molecule has 1 aromatic rings. The van der Waals surface area contributed by atoms with Gasteiger partial charge in [-0.2, -0.15) is 0 Å². The van der Waals surface area contributed by atoms with E-state index in [1.54, 1.807) is 0 Å². The summed E-state index contributed by atoms with van der Waals surface area (Å²) in [4.78, 5) is 15.9. The smallest absolute Gasteiger partial charge is 0.412 e. The van der Waals surface area contributed by atoms with Crippen molar-refractivity contribution in [3.63, 3.8) is 0 Å². The minimum absolute atomic E-state index is 0.393. The molecule has 4 nitrogen and oxygen atoms in total. The largest absolute Gasteiger partial charge is 0.444 e. The molecule has 0 aliphatic heterocycles. The van der Waals surface area contributed by atoms with E-state index in [0.717, 1.165) is 16.8 Å². The van der Waals surface area contributed by atoms with Crippen LogP contribution in [0.15, 0.2) is 0 Å². The zero-order chi connectivity index (χ0) is 16.1. The summed E-state index contributed by atoms with van der Waals surface area (Å²) >= 11 is 6.00. The Morgan fingerprint density at radius 2 is 1.65 bits per heavy atom. The number of carbonyl (C=O) groups excluding carboxylic acids is 1. The highest BCUT2D eigenvalue weighted by Gasteiger charge is 2.19. The van der Waals surface area contributed by atoms with E-state index < -0.39 is 11.7 Å². The molecule has 0 aromatic carbocycles. The number of hydrogen-bond donors (Lipinski definition) is 1. The minimum atomic E-state index is -0.530. The average molecular weight is 301 g/mol. The highest BCUT2D eigenvalue weighted by atomic mass is 35.5. The zero-order valence-corrected chi connectivity index (χ0v) is 14.4. The first-order chi connectivity index (χ1) is 9.11. The van der Waals surface area contributed by atoms with Gasteiger partial charge in [0.1, 0.15) is 10.8 Å². The Labute approximate surface area is 126 Å². The summed E-state index contributed by atoms with van der Waals surface area (Å²) in [6, 6.07) is 0. The van der Waals surface area contributed by atoms with E-state index in [1.165, 1.54) is 0 Å². The summed E-state index contributed by atoms with van der Waals surface area (Å²) in [5.74, 6) is 0. The molecular formula is C15H25ClN2O2. The Morgan fingerprint density at radius 1 is 1.15 bits per heavy atom. The van der Waals surface area contributed by atoms with Gasteiger partial charge in [0.05, 0.1) is 5.69 Å². The molecule has 0 radical (unpaired) electrons. The zero-order valence-electron chi connectivity index (χ0n) is 13.6. The maximum Gasteiger partial charge on any atom is 0.412 e. The van der Waals surface area contributed by atoms with Gasteiger partial charge in [-0.25, -0.2) is 9.78 Å². The summed E-state index contributed by atoms with van der Waals surface area (Å²) in [6.07, 6.45) is -0.490. The van der Waals surface area contributed by atoms with Crippen LogP contribution in [0.2, 0.25) is 5.15 Å². The van der Waals surface area contributed by atoms with Crippen LogP contribution in [0.4, 0.5) is 10.5 Å². The first-order valence-electron chi connectivity index (χ1n) is 6.75. The van der Waals surface area contributed by atoms with Gasteiger partial charge in [0.2, 0.25) is 0 Å². The predicted molar refractivity (Wildman–Crippen MR) is 84.7 cm³/mol. The van der Waals surface area contributed by atoms with Crippen LogP contribution in [-0.2, 0) is 4.74 Å². The van der Waals surface area contributed by atoms with E-state index in [1.807, 2.05) is 55.4 Å². The maximum atomic E-state index is 11.8. The monoisotopic (exact) mass is 300 g/mol. The molecule has 0 spiro atoms. The topological polar surface area (TPSA) is 51.2 Å². The number of nitrogens with zero attached hydrogens (tertiary/aromatic N) is 1. The van der Waals surface area contributed by atoms with Crippen LogP contribution in [0, 0.1) is 20.8 Å². The van der Waals surface area contributed by atoms with Crippen LogP contribution >= 0.6 is 11.6 Å². The molecule has 0 atom stereocenters. The van der Waals surface area contributed by atoms with Crippen molar-refractivity contribution in [1.82, 2.24) is 4.98 Å². The van der Waals surface area contributed by atoms with E-state index in [0.29, 0.717) is 10.8 Å². The maximum absolute atomic E-state index is 11.8. The summed E-state index contributed by atoms with van der Waals surface area (Å²) in [6.45, 7) is 15.0. The fraction of sp³-hybridized carbons (Fsp3) is 0.600. The molecule has 5 heteroatoms. The van der Waals surface area contributed by atoms with Gasteiger partial charge in [0.15, 0.2) is 0 Å². The molecule has 0 unspecified atom stereocenters. The number of nitrogens with one attached hydrogen (secondary N) is 1. The van der Waals surface area contributed by atoms with Crippen molar-refractivity contribution >= 4 is 23.4 Å². The van der Waals surface area contributed by atoms with Gasteiger partial charge < -0.3 is 4.74 Å². The molecule has 114 valence electrons. The quantitative estimate of drug-likeness (QED) is 0.740. The molecule has 0 bridgehead atoms. The van der Waals surface area contributed by atoms with E-state index in [9.17, 15) is 4.79 Å². The third kappa shape index (κ3) is 5.37. The SMILES string of the molecule is CC.Cc1nc(Cl)c(C)c(NC(=O)OC(C)(C)C)c1C. The second-order valence-electron chi connectivity index (χ2n) is 5.24. The molecule has 0 saturated heterocycles. The van der Waals surface area contributed by atoms with Crippen LogP contribution in [0.1, 0.15) is 51.4 Å². The van der Waals surface area contributed by atoms with Crippen molar-refractivity contribution in [1.29, 1.82) is 0 Å². The van der Waals surface area contributed by atoms with Crippen molar-refractivity contribution in [3.8, 4) is 0 Å². The molecule has 0 aliphatic carbocycles. The van der Waals surface area contributed by atoms with E-state index in [-0.39, 0.29) is 0 Å². The minimum Gasteiger partial charge on any atom is -0.444 e. The molecule has 0 fully saturated rings. The van der Waals surface area contributed by atoms with Gasteiger partial charge in [-0.1, -0.05) is 25.4 Å². The van der Waals surface area contributed by atoms with Crippen molar-refractivity contribution in [3.05, 3.63) is 22.0 Å². The molecule has 1 aromatic heterocycles. The first-order valence-corrected chi connectivity index (χ1v) is 7.13. The number of anilines is 1. The summed E-state index contributed by atoms with van der Waals surface area (Å²) in [5, 5.41) is 3.12. The normalized spacial score (nSPS) is 10.4. The number of aromatic nitrogens is 1. The van der Waals surface area contributed by atoms with Crippen molar-refractivity contribution in [2.75, 3.05) is 5.32 Å². The van der Waals surface area contributed by atoms with Gasteiger partial charge in [-0.3, -0.25) is 5.32 Å². The van der Waals surface area contributed by atoms with Crippen molar-refractivity contribution in [2.24, 2.45) is 0 Å². The standard InChI is InChI=1S/C13H19ClN2O2.C2H6/c1-7-9(3)15-11(14)8(2)10(7)16-12(17)18-13(4,5)6;1-2/h1-6H3,(H,15,16,17);1-2H3. The lowest BCUT2D eigenvalue weighted by atomic mass is 10.1. The van der Waals surface area contributed by atoms with Gasteiger partial charge >= 0.3 is 6.09 Å². The van der Waals surface area contributed by atoms with Gasteiger partial charge in [-0.15, -0.1) is 0 Å². The lowest BCUT2D eigenvalue weighted by Gasteiger charge is -2.21. The average Bonchev–Trinajstić information content (AvgIpc) is 2.32. The Kier molecular flexibility index (Phi) is 7.00. The molecule has 0 aliphatic rings. The molecule has 20 heavy (non-hydrogen) atoms. The van der Waals surface area contributed by atoms with Gasteiger partial charge in [-0.05, 0) is 47.1 Å². The number of amides is 1. The summed E-state index contributed by atoms with van der Waals surface area (Å²) < 4.78 is 5.22. The second kappa shape index (κ2) is 7.48. The van der Waals surface area contributed by atoms with Crippen LogP contribution < -0.4 is 5.32 Å². The van der Waals surface area contributed by atoms with Crippen LogP contribution in [-0.4, -0.2) is 16.7 Å².